The first kappa shape index (κ1) is 22.7. The summed E-state index contributed by atoms with van der Waals surface area (Å²) in [6, 6.07) is 13.9. The Bertz CT molecular complexity index is 1430. The minimum atomic E-state index is -0.657. The molecule has 1 amide bonds. The molecule has 10 heteroatoms. The fourth-order valence-corrected chi connectivity index (χ4v) is 3.47. The number of nitrogens with one attached hydrogen (secondary N) is 1. The van der Waals surface area contributed by atoms with Gasteiger partial charge in [-0.25, -0.2) is 14.8 Å². The molecule has 0 aliphatic rings. The molecule has 0 aliphatic heterocycles. The van der Waals surface area contributed by atoms with Crippen molar-refractivity contribution in [2.45, 2.75) is 20.0 Å². The van der Waals surface area contributed by atoms with Crippen molar-refractivity contribution in [2.75, 3.05) is 19.0 Å². The zero-order valence-corrected chi connectivity index (χ0v) is 18.7. The number of amides is 1. The summed E-state index contributed by atoms with van der Waals surface area (Å²) in [5, 5.41) is 2.74. The van der Waals surface area contributed by atoms with Crippen molar-refractivity contribution in [3.05, 3.63) is 87.3 Å². The smallest absolute Gasteiger partial charge is 0.333 e. The highest BCUT2D eigenvalue weighted by Gasteiger charge is 2.17. The van der Waals surface area contributed by atoms with Crippen LogP contribution in [0, 0.1) is 0 Å². The molecule has 0 radical (unpaired) electrons. The Balaban J connectivity index is 1.66. The van der Waals surface area contributed by atoms with Gasteiger partial charge in [0.25, 0.3) is 5.56 Å². The molecule has 0 saturated carbocycles. The van der Waals surface area contributed by atoms with Crippen LogP contribution in [0.3, 0.4) is 0 Å². The molecular formula is C24H23N5O5. The second-order valence-corrected chi connectivity index (χ2v) is 7.34. The molecule has 0 saturated heterocycles. The first-order valence-corrected chi connectivity index (χ1v) is 10.6. The molecule has 0 bridgehead atoms. The number of nitrogens with zero attached hydrogens (tertiary/aromatic N) is 4. The zero-order valence-electron chi connectivity index (χ0n) is 18.7. The molecule has 4 rings (SSSR count). The van der Waals surface area contributed by atoms with Gasteiger partial charge in [0.05, 0.1) is 20.3 Å². The van der Waals surface area contributed by atoms with Crippen molar-refractivity contribution in [1.82, 2.24) is 19.1 Å². The Morgan fingerprint density at radius 3 is 2.29 bits per heavy atom. The standard InChI is InChI=1S/C24H23N5O5/c1-3-34-19-10-6-17(7-11-19)27-20(30)15-28-22-21(25-12-13-26-22)23(31)29(24(28)32)14-16-4-8-18(33-2)9-5-16/h4-13H,3,14-15H2,1-2H3,(H,27,30). The Morgan fingerprint density at radius 2 is 1.62 bits per heavy atom. The SMILES string of the molecule is CCOc1ccc(NC(=O)Cn2c(=O)n(Cc3ccc(OC)cc3)c(=O)c3nccnc32)cc1. The number of benzene rings is 2. The maximum Gasteiger partial charge on any atom is 0.333 e. The monoisotopic (exact) mass is 461 g/mol. The Hall–Kier alpha value is -4.47. The number of ether oxygens (including phenoxy) is 2. The number of carbonyl (C=O) groups is 1. The third-order valence-electron chi connectivity index (χ3n) is 5.09. The lowest BCUT2D eigenvalue weighted by Gasteiger charge is -2.13. The minimum absolute atomic E-state index is 0.00415. The highest BCUT2D eigenvalue weighted by atomic mass is 16.5. The van der Waals surface area contributed by atoms with Gasteiger partial charge in [-0.15, -0.1) is 0 Å². The van der Waals surface area contributed by atoms with E-state index < -0.39 is 17.2 Å². The van der Waals surface area contributed by atoms with Gasteiger partial charge in [0, 0.05) is 18.1 Å². The fraction of sp³-hybridized carbons (Fsp3) is 0.208. The molecule has 2 heterocycles. The molecule has 0 fully saturated rings. The molecule has 0 unspecified atom stereocenters. The van der Waals surface area contributed by atoms with Crippen molar-refractivity contribution >= 4 is 22.8 Å². The van der Waals surface area contributed by atoms with E-state index in [4.69, 9.17) is 9.47 Å². The van der Waals surface area contributed by atoms with Gasteiger partial charge in [0.1, 0.15) is 18.0 Å². The molecule has 2 aromatic heterocycles. The number of hydrogen-bond donors (Lipinski definition) is 1. The normalized spacial score (nSPS) is 10.8. The average molecular weight is 461 g/mol. The minimum Gasteiger partial charge on any atom is -0.497 e. The van der Waals surface area contributed by atoms with Gasteiger partial charge in [0.2, 0.25) is 5.91 Å². The van der Waals surface area contributed by atoms with Crippen LogP contribution in [0.15, 0.2) is 70.5 Å². The molecule has 4 aromatic rings. The van der Waals surface area contributed by atoms with Crippen LogP contribution in [0.5, 0.6) is 11.5 Å². The first-order valence-electron chi connectivity index (χ1n) is 10.6. The number of rotatable bonds is 8. The van der Waals surface area contributed by atoms with Crippen LogP contribution in [0.4, 0.5) is 5.69 Å². The van der Waals surface area contributed by atoms with Gasteiger partial charge < -0.3 is 14.8 Å². The van der Waals surface area contributed by atoms with Crippen molar-refractivity contribution in [3.63, 3.8) is 0 Å². The van der Waals surface area contributed by atoms with Crippen LogP contribution < -0.4 is 26.0 Å². The number of methoxy groups -OCH3 is 1. The van der Waals surface area contributed by atoms with Gasteiger partial charge in [-0.3, -0.25) is 18.7 Å². The Labute approximate surface area is 194 Å². The summed E-state index contributed by atoms with van der Waals surface area (Å²) in [5.41, 5.74) is 0.0784. The summed E-state index contributed by atoms with van der Waals surface area (Å²) in [5.74, 6) is 0.889. The third-order valence-corrected chi connectivity index (χ3v) is 5.09. The predicted octanol–water partition coefficient (Wildman–Crippen LogP) is 2.05. The van der Waals surface area contributed by atoms with Gasteiger partial charge in [-0.1, -0.05) is 12.1 Å². The lowest BCUT2D eigenvalue weighted by atomic mass is 10.2. The van der Waals surface area contributed by atoms with Crippen molar-refractivity contribution in [2.24, 2.45) is 0 Å². The summed E-state index contributed by atoms with van der Waals surface area (Å²) in [6.45, 7) is 2.09. The van der Waals surface area contributed by atoms with Gasteiger partial charge in [-0.05, 0) is 48.9 Å². The molecule has 0 aliphatic carbocycles. The van der Waals surface area contributed by atoms with E-state index in [2.05, 4.69) is 15.3 Å². The third kappa shape index (κ3) is 4.80. The average Bonchev–Trinajstić information content (AvgIpc) is 2.86. The molecular weight excluding hydrogens is 438 g/mol. The Kier molecular flexibility index (Phi) is 6.67. The Morgan fingerprint density at radius 1 is 0.941 bits per heavy atom. The molecule has 0 spiro atoms. The lowest BCUT2D eigenvalue weighted by Crippen LogP contribution is -2.42. The topological polar surface area (TPSA) is 117 Å². The molecule has 10 nitrogen and oxygen atoms in total. The number of fused-ring (bicyclic) bond motifs is 1. The van der Waals surface area contributed by atoms with Crippen molar-refractivity contribution in [1.29, 1.82) is 0 Å². The van der Waals surface area contributed by atoms with E-state index in [-0.39, 0.29) is 24.3 Å². The largest absolute Gasteiger partial charge is 0.497 e. The van der Waals surface area contributed by atoms with Gasteiger partial charge in [-0.2, -0.15) is 0 Å². The number of aromatic nitrogens is 4. The molecule has 1 N–H and O–H groups in total. The molecule has 2 aromatic carbocycles. The quantitative estimate of drug-likeness (QED) is 0.427. The lowest BCUT2D eigenvalue weighted by molar-refractivity contribution is -0.116. The van der Waals surface area contributed by atoms with Crippen molar-refractivity contribution in [3.8, 4) is 11.5 Å². The van der Waals surface area contributed by atoms with E-state index in [0.29, 0.717) is 29.4 Å². The summed E-state index contributed by atoms with van der Waals surface area (Å²) >= 11 is 0. The van der Waals surface area contributed by atoms with Gasteiger partial charge in [0.15, 0.2) is 11.2 Å². The first-order chi connectivity index (χ1) is 16.5. The predicted molar refractivity (Wildman–Crippen MR) is 126 cm³/mol. The van der Waals surface area contributed by atoms with E-state index >= 15 is 0 Å². The number of anilines is 1. The highest BCUT2D eigenvalue weighted by Crippen LogP contribution is 2.16. The van der Waals surface area contributed by atoms with Crippen LogP contribution in [0.25, 0.3) is 11.2 Å². The molecule has 0 atom stereocenters. The zero-order chi connectivity index (χ0) is 24.1. The van der Waals surface area contributed by atoms with E-state index in [9.17, 15) is 14.4 Å². The van der Waals surface area contributed by atoms with Crippen LogP contribution >= 0.6 is 0 Å². The van der Waals surface area contributed by atoms with Gasteiger partial charge >= 0.3 is 5.69 Å². The number of carbonyl (C=O) groups excluding carboxylic acids is 1. The van der Waals surface area contributed by atoms with Crippen LogP contribution in [0.1, 0.15) is 12.5 Å². The van der Waals surface area contributed by atoms with Crippen molar-refractivity contribution < 1.29 is 14.3 Å². The number of hydrogen-bond acceptors (Lipinski definition) is 7. The summed E-state index contributed by atoms with van der Waals surface area (Å²) in [7, 11) is 1.55. The van der Waals surface area contributed by atoms with E-state index in [1.54, 1.807) is 55.6 Å². The fourth-order valence-electron chi connectivity index (χ4n) is 3.47. The van der Waals surface area contributed by atoms with E-state index in [1.165, 1.54) is 12.4 Å². The molecule has 34 heavy (non-hydrogen) atoms. The van der Waals surface area contributed by atoms with Crippen LogP contribution in [-0.2, 0) is 17.9 Å². The molecule has 174 valence electrons. The van der Waals surface area contributed by atoms with Crippen LogP contribution in [0.2, 0.25) is 0 Å². The van der Waals surface area contributed by atoms with E-state index in [1.807, 2.05) is 6.92 Å². The maximum absolute atomic E-state index is 13.3. The van der Waals surface area contributed by atoms with Crippen LogP contribution in [-0.4, -0.2) is 38.7 Å². The summed E-state index contributed by atoms with van der Waals surface area (Å²) in [4.78, 5) is 47.3. The summed E-state index contributed by atoms with van der Waals surface area (Å²) < 4.78 is 12.7. The maximum atomic E-state index is 13.3. The highest BCUT2D eigenvalue weighted by molar-refractivity contribution is 5.91. The summed E-state index contributed by atoms with van der Waals surface area (Å²) in [6.07, 6.45) is 2.74. The second kappa shape index (κ2) is 9.99. The second-order valence-electron chi connectivity index (χ2n) is 7.34. The van der Waals surface area contributed by atoms with E-state index in [0.717, 1.165) is 9.13 Å².